The van der Waals surface area contributed by atoms with Gasteiger partial charge in [-0.25, -0.2) is 0 Å². The van der Waals surface area contributed by atoms with Gasteiger partial charge in [-0.15, -0.1) is 0 Å². The molecule has 1 fully saturated rings. The molecule has 1 N–H and O–H groups in total. The first-order valence-electron chi connectivity index (χ1n) is 13.1. The molecule has 1 saturated heterocycles. The lowest BCUT2D eigenvalue weighted by atomic mass is 9.77. The Hall–Kier alpha value is -3.96. The summed E-state index contributed by atoms with van der Waals surface area (Å²) in [6.45, 7) is 7.89. The highest BCUT2D eigenvalue weighted by molar-refractivity contribution is 6.62. The third kappa shape index (κ3) is 5.39. The largest absolute Gasteiger partial charge is 0.494 e. The van der Waals surface area contributed by atoms with E-state index in [1.54, 1.807) is 0 Å². The number of rotatable bonds is 5. The molecule has 0 aliphatic carbocycles. The molecule has 1 atom stereocenters. The minimum absolute atomic E-state index is 0.0618. The Morgan fingerprint density at radius 1 is 0.951 bits per heavy atom. The second kappa shape index (κ2) is 10.1. The van der Waals surface area contributed by atoms with Gasteiger partial charge in [0.1, 0.15) is 5.92 Å². The van der Waals surface area contributed by atoms with E-state index in [9.17, 15) is 22.8 Å². The fourth-order valence-corrected chi connectivity index (χ4v) is 4.78. The molecule has 212 valence electrons. The fraction of sp³-hybridized carbons (Fsp3) is 0.300. The van der Waals surface area contributed by atoms with E-state index in [0.717, 1.165) is 18.1 Å². The van der Waals surface area contributed by atoms with Gasteiger partial charge in [0.2, 0.25) is 5.91 Å². The summed E-state index contributed by atoms with van der Waals surface area (Å²) in [6.07, 6.45) is -4.99. The molecular weight excluding hydrogens is 534 g/mol. The van der Waals surface area contributed by atoms with Gasteiger partial charge in [-0.1, -0.05) is 42.5 Å². The molecule has 1 unspecified atom stereocenters. The van der Waals surface area contributed by atoms with E-state index in [1.807, 2.05) is 76.2 Å². The lowest BCUT2D eigenvalue weighted by Gasteiger charge is -2.32. The van der Waals surface area contributed by atoms with Crippen LogP contribution >= 0.6 is 0 Å². The van der Waals surface area contributed by atoms with E-state index in [0.29, 0.717) is 27.5 Å². The Labute approximate surface area is 236 Å². The molecule has 0 aromatic heterocycles. The standard InChI is InChI=1S/C30H29BF3N3O4/c1-28(2)29(3,4)41-31(40-28)19-11-16-22-23(17-19)36-26(38)24(22)25(18-9-7-6-8-10-18)35-20-12-14-21(15-13-20)37(5)27(39)30(32,33)34/h6-17,24H,1-5H3,(H,36,38). The van der Waals surface area contributed by atoms with Gasteiger partial charge in [0.15, 0.2) is 0 Å². The van der Waals surface area contributed by atoms with E-state index in [1.165, 1.54) is 24.3 Å². The summed E-state index contributed by atoms with van der Waals surface area (Å²) in [5.41, 5.74) is 2.75. The molecule has 5 rings (SSSR count). The summed E-state index contributed by atoms with van der Waals surface area (Å²) < 4.78 is 51.0. The Morgan fingerprint density at radius 3 is 2.15 bits per heavy atom. The van der Waals surface area contributed by atoms with Crippen molar-refractivity contribution < 1.29 is 32.1 Å². The predicted molar refractivity (Wildman–Crippen MR) is 152 cm³/mol. The van der Waals surface area contributed by atoms with Crippen LogP contribution in [0.25, 0.3) is 0 Å². The Morgan fingerprint density at radius 2 is 1.56 bits per heavy atom. The highest BCUT2D eigenvalue weighted by Crippen LogP contribution is 2.39. The topological polar surface area (TPSA) is 80.2 Å². The molecular formula is C30H29BF3N3O4. The average molecular weight is 563 g/mol. The molecule has 0 spiro atoms. The summed E-state index contributed by atoms with van der Waals surface area (Å²) in [6, 6.07) is 20.6. The van der Waals surface area contributed by atoms with Crippen molar-refractivity contribution in [2.75, 3.05) is 17.3 Å². The number of hydrogen-bond donors (Lipinski definition) is 1. The van der Waals surface area contributed by atoms with Crippen molar-refractivity contribution in [3.8, 4) is 0 Å². The van der Waals surface area contributed by atoms with Crippen molar-refractivity contribution in [1.29, 1.82) is 0 Å². The van der Waals surface area contributed by atoms with E-state index < -0.39 is 36.3 Å². The SMILES string of the molecule is CN(C(=O)C(F)(F)F)c1ccc(N=C(c2ccccc2)C2C(=O)Nc3cc(B4OC(C)(C)C(C)(C)O4)ccc32)cc1. The number of carbonyl (C=O) groups excluding carboxylic acids is 2. The Balaban J connectivity index is 1.49. The molecule has 7 nitrogen and oxygen atoms in total. The zero-order chi connectivity index (χ0) is 29.7. The van der Waals surface area contributed by atoms with E-state index >= 15 is 0 Å². The summed E-state index contributed by atoms with van der Waals surface area (Å²) >= 11 is 0. The van der Waals surface area contributed by atoms with Gasteiger partial charge in [-0.05, 0) is 74.6 Å². The van der Waals surface area contributed by atoms with Crippen molar-refractivity contribution in [2.45, 2.75) is 51.0 Å². The number of anilines is 2. The fourth-order valence-electron chi connectivity index (χ4n) is 4.78. The number of hydrogen-bond acceptors (Lipinski definition) is 5. The number of carbonyl (C=O) groups is 2. The molecule has 2 heterocycles. The van der Waals surface area contributed by atoms with Crippen molar-refractivity contribution in [3.05, 3.63) is 83.9 Å². The molecule has 11 heteroatoms. The van der Waals surface area contributed by atoms with Crippen molar-refractivity contribution in [2.24, 2.45) is 4.99 Å². The van der Waals surface area contributed by atoms with Crippen LogP contribution in [0.4, 0.5) is 30.2 Å². The van der Waals surface area contributed by atoms with Crippen LogP contribution in [0.5, 0.6) is 0 Å². The van der Waals surface area contributed by atoms with Gasteiger partial charge in [-0.3, -0.25) is 14.6 Å². The number of alkyl halides is 3. The molecule has 2 aliphatic heterocycles. The lowest BCUT2D eigenvalue weighted by Crippen LogP contribution is -2.41. The van der Waals surface area contributed by atoms with Crippen LogP contribution in [-0.4, -0.2) is 49.1 Å². The minimum atomic E-state index is -4.99. The zero-order valence-electron chi connectivity index (χ0n) is 23.2. The number of amides is 2. The molecule has 41 heavy (non-hydrogen) atoms. The quantitative estimate of drug-likeness (QED) is 0.335. The zero-order valence-corrected chi connectivity index (χ0v) is 23.2. The number of aliphatic imine (C=N–C) groups is 1. The number of halogens is 3. The van der Waals surface area contributed by atoms with Gasteiger partial charge in [-0.2, -0.15) is 13.2 Å². The maximum atomic E-state index is 13.4. The molecule has 3 aromatic carbocycles. The third-order valence-corrected chi connectivity index (χ3v) is 7.81. The van der Waals surface area contributed by atoms with Crippen LogP contribution in [0, 0.1) is 0 Å². The normalized spacial score (nSPS) is 19.6. The van der Waals surface area contributed by atoms with Crippen molar-refractivity contribution >= 4 is 47.2 Å². The molecule has 2 amide bonds. The third-order valence-electron chi connectivity index (χ3n) is 7.81. The van der Waals surface area contributed by atoms with Crippen LogP contribution in [-0.2, 0) is 18.9 Å². The Bertz CT molecular complexity index is 1510. The van der Waals surface area contributed by atoms with Crippen LogP contribution in [0.15, 0.2) is 77.8 Å². The Kier molecular flexibility index (Phi) is 7.07. The first kappa shape index (κ1) is 28.6. The van der Waals surface area contributed by atoms with Crippen LogP contribution in [0.3, 0.4) is 0 Å². The second-order valence-corrected chi connectivity index (χ2v) is 11.1. The minimum Gasteiger partial charge on any atom is -0.399 e. The van der Waals surface area contributed by atoms with Crippen molar-refractivity contribution in [3.63, 3.8) is 0 Å². The molecule has 3 aromatic rings. The monoisotopic (exact) mass is 563 g/mol. The van der Waals surface area contributed by atoms with Gasteiger partial charge < -0.3 is 19.5 Å². The van der Waals surface area contributed by atoms with Gasteiger partial charge in [0.25, 0.3) is 0 Å². The van der Waals surface area contributed by atoms with E-state index in [-0.39, 0.29) is 11.6 Å². The predicted octanol–water partition coefficient (Wildman–Crippen LogP) is 5.37. The lowest BCUT2D eigenvalue weighted by molar-refractivity contribution is -0.170. The van der Waals surface area contributed by atoms with Gasteiger partial charge >= 0.3 is 19.2 Å². The molecule has 0 saturated carbocycles. The van der Waals surface area contributed by atoms with E-state index in [4.69, 9.17) is 14.3 Å². The van der Waals surface area contributed by atoms with Crippen LogP contribution in [0.1, 0.15) is 44.7 Å². The summed E-state index contributed by atoms with van der Waals surface area (Å²) in [5.74, 6) is -2.98. The van der Waals surface area contributed by atoms with Crippen LogP contribution in [0.2, 0.25) is 0 Å². The van der Waals surface area contributed by atoms with Gasteiger partial charge in [0.05, 0.1) is 22.6 Å². The number of benzene rings is 3. The molecule has 0 bridgehead atoms. The second-order valence-electron chi connectivity index (χ2n) is 11.1. The number of nitrogens with zero attached hydrogens (tertiary/aromatic N) is 2. The van der Waals surface area contributed by atoms with E-state index in [2.05, 4.69) is 5.32 Å². The summed E-state index contributed by atoms with van der Waals surface area (Å²) in [5, 5.41) is 2.96. The maximum absolute atomic E-state index is 13.4. The maximum Gasteiger partial charge on any atom is 0.494 e. The van der Waals surface area contributed by atoms with Crippen molar-refractivity contribution in [1.82, 2.24) is 0 Å². The van der Waals surface area contributed by atoms with Crippen LogP contribution < -0.4 is 15.7 Å². The highest BCUT2D eigenvalue weighted by Gasteiger charge is 2.52. The molecule has 2 aliphatic rings. The molecule has 0 radical (unpaired) electrons. The summed E-state index contributed by atoms with van der Waals surface area (Å²) in [4.78, 5) is 30.3. The number of fused-ring (bicyclic) bond motifs is 1. The first-order chi connectivity index (χ1) is 19.2. The number of nitrogens with one attached hydrogen (secondary N) is 1. The first-order valence-corrected chi connectivity index (χ1v) is 13.1. The highest BCUT2D eigenvalue weighted by atomic mass is 19.4. The smallest absolute Gasteiger partial charge is 0.399 e. The summed E-state index contributed by atoms with van der Waals surface area (Å²) in [7, 11) is 0.464. The van der Waals surface area contributed by atoms with Gasteiger partial charge in [0, 0.05) is 18.4 Å². The average Bonchev–Trinajstić information content (AvgIpc) is 3.36.